The molecule has 0 saturated carbocycles. The Morgan fingerprint density at radius 3 is 2.62 bits per heavy atom. The highest BCUT2D eigenvalue weighted by Gasteiger charge is 2.37. The van der Waals surface area contributed by atoms with Gasteiger partial charge in [-0.05, 0) is 30.7 Å². The molecule has 2 aromatic carbocycles. The zero-order valence-corrected chi connectivity index (χ0v) is 17.3. The van der Waals surface area contributed by atoms with E-state index in [2.05, 4.69) is 10.6 Å². The SMILES string of the molecule is C[C@H](c1ccccc1)N1C[C@@H](C(=O)NCC(=O)Nc2cc(Cl)ccc2Cl)CC1=O. The lowest BCUT2D eigenvalue weighted by atomic mass is 10.1. The number of likely N-dealkylation sites (tertiary alicyclic amines) is 1. The predicted octanol–water partition coefficient (Wildman–Crippen LogP) is 3.66. The maximum Gasteiger partial charge on any atom is 0.243 e. The van der Waals surface area contributed by atoms with Crippen LogP contribution in [0.5, 0.6) is 0 Å². The Bertz CT molecular complexity index is 921. The lowest BCUT2D eigenvalue weighted by molar-refractivity contribution is -0.130. The first-order chi connectivity index (χ1) is 13.8. The van der Waals surface area contributed by atoms with Crippen LogP contribution in [0.3, 0.4) is 0 Å². The van der Waals surface area contributed by atoms with Crippen LogP contribution < -0.4 is 10.6 Å². The average Bonchev–Trinajstić information content (AvgIpc) is 3.10. The van der Waals surface area contributed by atoms with E-state index in [-0.39, 0.29) is 30.8 Å². The highest BCUT2D eigenvalue weighted by molar-refractivity contribution is 6.35. The molecule has 0 radical (unpaired) electrons. The Balaban J connectivity index is 1.53. The van der Waals surface area contributed by atoms with E-state index in [1.54, 1.807) is 17.0 Å². The van der Waals surface area contributed by atoms with Gasteiger partial charge < -0.3 is 15.5 Å². The molecule has 1 saturated heterocycles. The Morgan fingerprint density at radius 1 is 1.17 bits per heavy atom. The van der Waals surface area contributed by atoms with Crippen molar-refractivity contribution in [2.24, 2.45) is 5.92 Å². The van der Waals surface area contributed by atoms with Crippen molar-refractivity contribution < 1.29 is 14.4 Å². The third-order valence-corrected chi connectivity index (χ3v) is 5.47. The van der Waals surface area contributed by atoms with Crippen molar-refractivity contribution in [1.29, 1.82) is 0 Å². The van der Waals surface area contributed by atoms with Crippen LogP contribution >= 0.6 is 23.2 Å². The highest BCUT2D eigenvalue weighted by Crippen LogP contribution is 2.28. The number of rotatable bonds is 6. The second-order valence-electron chi connectivity index (χ2n) is 6.92. The number of nitrogens with one attached hydrogen (secondary N) is 2. The van der Waals surface area contributed by atoms with Gasteiger partial charge in [0.1, 0.15) is 0 Å². The van der Waals surface area contributed by atoms with Gasteiger partial charge in [-0.15, -0.1) is 0 Å². The number of nitrogens with zero attached hydrogens (tertiary/aromatic N) is 1. The molecule has 0 spiro atoms. The van der Waals surface area contributed by atoms with Gasteiger partial charge in [-0.2, -0.15) is 0 Å². The molecule has 0 aliphatic carbocycles. The van der Waals surface area contributed by atoms with E-state index in [1.165, 1.54) is 6.07 Å². The van der Waals surface area contributed by atoms with E-state index in [1.807, 2.05) is 37.3 Å². The van der Waals surface area contributed by atoms with Gasteiger partial charge in [-0.25, -0.2) is 0 Å². The largest absolute Gasteiger partial charge is 0.347 e. The molecule has 2 atom stereocenters. The Kier molecular flexibility index (Phi) is 6.77. The molecule has 3 rings (SSSR count). The number of carbonyl (C=O) groups is 3. The number of halogens is 2. The first kappa shape index (κ1) is 21.1. The second kappa shape index (κ2) is 9.29. The van der Waals surface area contributed by atoms with Crippen molar-refractivity contribution in [2.45, 2.75) is 19.4 Å². The van der Waals surface area contributed by atoms with Crippen molar-refractivity contribution in [3.63, 3.8) is 0 Å². The van der Waals surface area contributed by atoms with Crippen molar-refractivity contribution in [2.75, 3.05) is 18.4 Å². The normalized spacial score (nSPS) is 17.1. The van der Waals surface area contributed by atoms with Crippen LogP contribution in [-0.2, 0) is 14.4 Å². The molecule has 0 bridgehead atoms. The van der Waals surface area contributed by atoms with Crippen molar-refractivity contribution in [1.82, 2.24) is 10.2 Å². The summed E-state index contributed by atoms with van der Waals surface area (Å²) in [7, 11) is 0. The first-order valence-electron chi connectivity index (χ1n) is 9.22. The molecule has 1 heterocycles. The van der Waals surface area contributed by atoms with Gasteiger partial charge >= 0.3 is 0 Å². The summed E-state index contributed by atoms with van der Waals surface area (Å²) >= 11 is 11.9. The topological polar surface area (TPSA) is 78.5 Å². The Hall–Kier alpha value is -2.57. The van der Waals surface area contributed by atoms with Gasteiger partial charge in [0.25, 0.3) is 0 Å². The zero-order chi connectivity index (χ0) is 21.0. The van der Waals surface area contributed by atoms with Gasteiger partial charge in [0.15, 0.2) is 0 Å². The fourth-order valence-electron chi connectivity index (χ4n) is 3.29. The summed E-state index contributed by atoms with van der Waals surface area (Å²) in [5.41, 5.74) is 1.39. The molecule has 3 amide bonds. The van der Waals surface area contributed by atoms with Gasteiger partial charge in [-0.1, -0.05) is 53.5 Å². The fraction of sp³-hybridized carbons (Fsp3) is 0.286. The molecule has 29 heavy (non-hydrogen) atoms. The Labute approximate surface area is 179 Å². The molecule has 2 N–H and O–H groups in total. The molecular formula is C21H21Cl2N3O3. The quantitative estimate of drug-likeness (QED) is 0.729. The zero-order valence-electron chi connectivity index (χ0n) is 15.8. The highest BCUT2D eigenvalue weighted by atomic mass is 35.5. The summed E-state index contributed by atoms with van der Waals surface area (Å²) in [4.78, 5) is 38.7. The van der Waals surface area contributed by atoms with Crippen molar-refractivity contribution in [3.8, 4) is 0 Å². The summed E-state index contributed by atoms with van der Waals surface area (Å²) in [6, 6.07) is 14.3. The van der Waals surface area contributed by atoms with Crippen LogP contribution in [0, 0.1) is 5.92 Å². The van der Waals surface area contributed by atoms with Gasteiger partial charge in [0.2, 0.25) is 17.7 Å². The molecule has 152 valence electrons. The minimum Gasteiger partial charge on any atom is -0.347 e. The van der Waals surface area contributed by atoms with E-state index in [9.17, 15) is 14.4 Å². The molecule has 6 nitrogen and oxygen atoms in total. The first-order valence-corrected chi connectivity index (χ1v) is 9.97. The standard InChI is InChI=1S/C21H21Cl2N3O3/c1-13(14-5-3-2-4-6-14)26-12-15(9-20(26)28)21(29)24-11-19(27)25-18-10-16(22)7-8-17(18)23/h2-8,10,13,15H,9,11-12H2,1H3,(H,24,29)(H,25,27)/t13-,15+/m1/s1. The van der Waals surface area contributed by atoms with Crippen LogP contribution in [0.2, 0.25) is 10.0 Å². The summed E-state index contributed by atoms with van der Waals surface area (Å²) in [6.07, 6.45) is 0.130. The number of amides is 3. The van der Waals surface area contributed by atoms with Crippen molar-refractivity contribution >= 4 is 46.6 Å². The molecule has 0 unspecified atom stereocenters. The summed E-state index contributed by atoms with van der Waals surface area (Å²) in [6.45, 7) is 2.04. The molecule has 1 aliphatic heterocycles. The number of benzene rings is 2. The number of carbonyl (C=O) groups excluding carboxylic acids is 3. The smallest absolute Gasteiger partial charge is 0.243 e. The molecule has 1 fully saturated rings. The fourth-order valence-corrected chi connectivity index (χ4v) is 3.63. The number of hydrogen-bond donors (Lipinski definition) is 2. The van der Waals surface area contributed by atoms with Crippen LogP contribution in [0.15, 0.2) is 48.5 Å². The summed E-state index contributed by atoms with van der Waals surface area (Å²) < 4.78 is 0. The number of anilines is 1. The third kappa shape index (κ3) is 5.28. The van der Waals surface area contributed by atoms with Crippen LogP contribution in [0.4, 0.5) is 5.69 Å². The van der Waals surface area contributed by atoms with E-state index in [0.717, 1.165) is 5.56 Å². The second-order valence-corrected chi connectivity index (χ2v) is 7.77. The maximum atomic E-state index is 12.5. The Morgan fingerprint density at radius 2 is 1.90 bits per heavy atom. The number of hydrogen-bond acceptors (Lipinski definition) is 3. The molecular weight excluding hydrogens is 413 g/mol. The third-order valence-electron chi connectivity index (χ3n) is 4.90. The minimum atomic E-state index is -0.490. The average molecular weight is 434 g/mol. The molecule has 0 aromatic heterocycles. The molecule has 8 heteroatoms. The van der Waals surface area contributed by atoms with Crippen LogP contribution in [-0.4, -0.2) is 35.7 Å². The molecule has 2 aromatic rings. The predicted molar refractivity (Wildman–Crippen MR) is 113 cm³/mol. The molecule has 1 aliphatic rings. The van der Waals surface area contributed by atoms with Crippen LogP contribution in [0.1, 0.15) is 24.9 Å². The van der Waals surface area contributed by atoms with E-state index < -0.39 is 11.8 Å². The van der Waals surface area contributed by atoms with Gasteiger partial charge in [-0.3, -0.25) is 14.4 Å². The summed E-state index contributed by atoms with van der Waals surface area (Å²) in [5, 5.41) is 5.98. The lowest BCUT2D eigenvalue weighted by Gasteiger charge is -2.25. The van der Waals surface area contributed by atoms with E-state index in [4.69, 9.17) is 23.2 Å². The van der Waals surface area contributed by atoms with Crippen molar-refractivity contribution in [3.05, 3.63) is 64.1 Å². The van der Waals surface area contributed by atoms with E-state index in [0.29, 0.717) is 22.3 Å². The monoisotopic (exact) mass is 433 g/mol. The minimum absolute atomic E-state index is 0.0725. The lowest BCUT2D eigenvalue weighted by Crippen LogP contribution is -2.38. The maximum absolute atomic E-state index is 12.5. The van der Waals surface area contributed by atoms with Gasteiger partial charge in [0, 0.05) is 18.0 Å². The van der Waals surface area contributed by atoms with Gasteiger partial charge in [0.05, 0.1) is 29.2 Å². The van der Waals surface area contributed by atoms with E-state index >= 15 is 0 Å². The summed E-state index contributed by atoms with van der Waals surface area (Å²) in [5.74, 6) is -1.32. The van der Waals surface area contributed by atoms with Crippen LogP contribution in [0.25, 0.3) is 0 Å².